The van der Waals surface area contributed by atoms with E-state index in [0.717, 1.165) is 44.5 Å². The van der Waals surface area contributed by atoms with E-state index in [4.69, 9.17) is 10.00 Å². The fourth-order valence-corrected chi connectivity index (χ4v) is 3.82. The molecule has 0 unspecified atom stereocenters. The van der Waals surface area contributed by atoms with Crippen molar-refractivity contribution in [3.8, 4) is 11.8 Å². The number of fused-ring (bicyclic) bond motifs is 1. The molecule has 2 aliphatic heterocycles. The van der Waals surface area contributed by atoms with Gasteiger partial charge in [-0.15, -0.1) is 0 Å². The second-order valence-corrected chi connectivity index (χ2v) is 7.14. The Balaban J connectivity index is 1.41. The van der Waals surface area contributed by atoms with Crippen LogP contribution >= 0.6 is 0 Å². The first-order chi connectivity index (χ1) is 13.4. The maximum Gasteiger partial charge on any atom is 0.417 e. The van der Waals surface area contributed by atoms with Gasteiger partial charge in [0.25, 0.3) is 0 Å². The third-order valence-corrected chi connectivity index (χ3v) is 5.33. The summed E-state index contributed by atoms with van der Waals surface area (Å²) in [5, 5.41) is 8.94. The molecule has 2 heterocycles. The molecule has 0 aromatic heterocycles. The van der Waals surface area contributed by atoms with Crippen molar-refractivity contribution < 1.29 is 17.9 Å². The number of nitrogens with zero attached hydrogens (tertiary/aromatic N) is 3. The van der Waals surface area contributed by atoms with E-state index in [-0.39, 0.29) is 5.56 Å². The van der Waals surface area contributed by atoms with Gasteiger partial charge in [0, 0.05) is 44.8 Å². The number of hydrogen-bond donors (Lipinski definition) is 0. The number of nitriles is 1. The second-order valence-electron chi connectivity index (χ2n) is 7.14. The second kappa shape index (κ2) is 7.36. The number of anilines is 1. The molecular weight excluding hydrogens is 367 g/mol. The molecule has 0 aliphatic carbocycles. The predicted molar refractivity (Wildman–Crippen MR) is 99.3 cm³/mol. The number of ether oxygens (including phenoxy) is 1. The molecule has 4 nitrogen and oxygen atoms in total. The van der Waals surface area contributed by atoms with Crippen LogP contribution in [0.4, 0.5) is 18.9 Å². The predicted octanol–water partition coefficient (Wildman–Crippen LogP) is 3.83. The largest absolute Gasteiger partial charge is 0.493 e. The zero-order valence-corrected chi connectivity index (χ0v) is 15.3. The topological polar surface area (TPSA) is 39.5 Å². The van der Waals surface area contributed by atoms with Crippen molar-refractivity contribution in [3.63, 3.8) is 0 Å². The highest BCUT2D eigenvalue weighted by atomic mass is 19.4. The summed E-state index contributed by atoms with van der Waals surface area (Å²) in [6.45, 7) is 4.41. The molecule has 28 heavy (non-hydrogen) atoms. The van der Waals surface area contributed by atoms with Crippen LogP contribution in [0.1, 0.15) is 22.3 Å². The molecule has 0 saturated carbocycles. The van der Waals surface area contributed by atoms with Gasteiger partial charge in [-0.05, 0) is 35.4 Å². The van der Waals surface area contributed by atoms with Gasteiger partial charge in [-0.2, -0.15) is 18.4 Å². The lowest BCUT2D eigenvalue weighted by atomic mass is 10.1. The molecule has 2 aromatic rings. The Bertz CT molecular complexity index is 912. The highest BCUT2D eigenvalue weighted by Gasteiger charge is 2.34. The van der Waals surface area contributed by atoms with Gasteiger partial charge in [-0.1, -0.05) is 12.1 Å². The normalized spacial score (nSPS) is 17.1. The van der Waals surface area contributed by atoms with Crippen molar-refractivity contribution in [1.29, 1.82) is 5.26 Å². The Hall–Kier alpha value is -2.72. The maximum atomic E-state index is 13.2. The minimum Gasteiger partial charge on any atom is -0.493 e. The van der Waals surface area contributed by atoms with E-state index in [2.05, 4.69) is 17.0 Å². The van der Waals surface area contributed by atoms with Crippen LogP contribution in [0.2, 0.25) is 0 Å². The van der Waals surface area contributed by atoms with Crippen LogP contribution in [0.25, 0.3) is 0 Å². The van der Waals surface area contributed by atoms with Gasteiger partial charge in [0.15, 0.2) is 0 Å². The number of benzene rings is 2. The molecule has 0 radical (unpaired) electrons. The van der Waals surface area contributed by atoms with Crippen LogP contribution in [-0.2, 0) is 19.1 Å². The SMILES string of the molecule is N#Cc1ccc(N2CCN(Cc3ccc4c(c3)CCO4)CC2)cc1C(F)(F)F. The molecule has 0 atom stereocenters. The zero-order chi connectivity index (χ0) is 19.7. The molecule has 7 heteroatoms. The van der Waals surface area contributed by atoms with Gasteiger partial charge in [0.05, 0.1) is 23.8 Å². The van der Waals surface area contributed by atoms with Gasteiger partial charge in [0.2, 0.25) is 0 Å². The third-order valence-electron chi connectivity index (χ3n) is 5.33. The summed E-state index contributed by atoms with van der Waals surface area (Å²) in [7, 11) is 0. The van der Waals surface area contributed by atoms with E-state index in [1.807, 2.05) is 11.0 Å². The average Bonchev–Trinajstić information content (AvgIpc) is 3.15. The number of piperazine rings is 1. The highest BCUT2D eigenvalue weighted by Crippen LogP contribution is 2.34. The number of hydrogen-bond acceptors (Lipinski definition) is 4. The Morgan fingerprint density at radius 3 is 2.54 bits per heavy atom. The van der Waals surface area contributed by atoms with E-state index in [9.17, 15) is 13.2 Å². The van der Waals surface area contributed by atoms with Crippen LogP contribution < -0.4 is 9.64 Å². The average molecular weight is 387 g/mol. The lowest BCUT2D eigenvalue weighted by molar-refractivity contribution is -0.137. The molecule has 0 spiro atoms. The van der Waals surface area contributed by atoms with E-state index in [1.54, 1.807) is 12.1 Å². The van der Waals surface area contributed by atoms with E-state index in [1.165, 1.54) is 17.2 Å². The minimum atomic E-state index is -4.53. The lowest BCUT2D eigenvalue weighted by Gasteiger charge is -2.36. The minimum absolute atomic E-state index is 0.338. The quantitative estimate of drug-likeness (QED) is 0.803. The number of halogens is 3. The fraction of sp³-hybridized carbons (Fsp3) is 0.381. The summed E-state index contributed by atoms with van der Waals surface area (Å²) in [6.07, 6.45) is -3.59. The van der Waals surface area contributed by atoms with Gasteiger partial charge < -0.3 is 9.64 Å². The van der Waals surface area contributed by atoms with E-state index >= 15 is 0 Å². The lowest BCUT2D eigenvalue weighted by Crippen LogP contribution is -2.46. The first-order valence-electron chi connectivity index (χ1n) is 9.27. The van der Waals surface area contributed by atoms with Gasteiger partial charge in [-0.25, -0.2) is 0 Å². The molecule has 1 saturated heterocycles. The Kier molecular flexibility index (Phi) is 4.90. The number of rotatable bonds is 3. The Labute approximate surface area is 161 Å². The van der Waals surface area contributed by atoms with Crippen LogP contribution in [0.15, 0.2) is 36.4 Å². The molecule has 146 valence electrons. The van der Waals surface area contributed by atoms with Crippen molar-refractivity contribution in [1.82, 2.24) is 4.90 Å². The summed E-state index contributed by atoms with van der Waals surface area (Å²) in [5.74, 6) is 0.967. The first kappa shape index (κ1) is 18.6. The van der Waals surface area contributed by atoms with Crippen LogP contribution in [-0.4, -0.2) is 37.7 Å². The molecule has 4 rings (SSSR count). The van der Waals surface area contributed by atoms with Crippen molar-refractivity contribution in [2.75, 3.05) is 37.7 Å². The van der Waals surface area contributed by atoms with Crippen molar-refractivity contribution >= 4 is 5.69 Å². The van der Waals surface area contributed by atoms with Gasteiger partial charge >= 0.3 is 6.18 Å². The van der Waals surface area contributed by atoms with Crippen LogP contribution in [0, 0.1) is 11.3 Å². The summed E-state index contributed by atoms with van der Waals surface area (Å²) in [6, 6.07) is 11.9. The van der Waals surface area contributed by atoms with E-state index < -0.39 is 11.7 Å². The van der Waals surface area contributed by atoms with Gasteiger partial charge in [0.1, 0.15) is 5.75 Å². The maximum absolute atomic E-state index is 13.2. The number of alkyl halides is 3. The molecule has 0 bridgehead atoms. The third kappa shape index (κ3) is 3.78. The molecular formula is C21H20F3N3O. The Morgan fingerprint density at radius 2 is 1.82 bits per heavy atom. The Morgan fingerprint density at radius 1 is 1.04 bits per heavy atom. The summed E-state index contributed by atoms with van der Waals surface area (Å²) in [4.78, 5) is 4.26. The molecule has 0 amide bonds. The first-order valence-corrected chi connectivity index (χ1v) is 9.27. The van der Waals surface area contributed by atoms with Crippen LogP contribution in [0.3, 0.4) is 0 Å². The monoisotopic (exact) mass is 387 g/mol. The van der Waals surface area contributed by atoms with Crippen molar-refractivity contribution in [2.45, 2.75) is 19.1 Å². The van der Waals surface area contributed by atoms with Crippen LogP contribution in [0.5, 0.6) is 5.75 Å². The summed E-state index contributed by atoms with van der Waals surface area (Å²) >= 11 is 0. The summed E-state index contributed by atoms with van der Waals surface area (Å²) in [5.41, 5.74) is 1.79. The van der Waals surface area contributed by atoms with Crippen molar-refractivity contribution in [2.24, 2.45) is 0 Å². The van der Waals surface area contributed by atoms with Gasteiger partial charge in [-0.3, -0.25) is 4.90 Å². The molecule has 2 aromatic carbocycles. The van der Waals surface area contributed by atoms with Crippen molar-refractivity contribution in [3.05, 3.63) is 58.7 Å². The highest BCUT2D eigenvalue weighted by molar-refractivity contribution is 5.55. The fourth-order valence-electron chi connectivity index (χ4n) is 3.82. The molecule has 0 N–H and O–H groups in total. The standard InChI is InChI=1S/C21H20F3N3O/c22-21(23,24)19-12-18(3-2-17(19)13-25)27-8-6-26(7-9-27)14-15-1-4-20-16(11-15)5-10-28-20/h1-4,11-12H,5-10,14H2. The smallest absolute Gasteiger partial charge is 0.417 e. The zero-order valence-electron chi connectivity index (χ0n) is 15.3. The van der Waals surface area contributed by atoms with E-state index in [0.29, 0.717) is 18.8 Å². The molecule has 2 aliphatic rings. The molecule has 1 fully saturated rings. The summed E-state index contributed by atoms with van der Waals surface area (Å²) < 4.78 is 45.1.